The molecule has 0 aliphatic carbocycles. The monoisotopic (exact) mass is 381 g/mol. The molecule has 0 saturated carbocycles. The SMILES string of the molecule is CC1CCC(Br)CN1c1ncc(I)cn1. The minimum absolute atomic E-state index is 0.541. The van der Waals surface area contributed by atoms with Crippen molar-refractivity contribution in [3.8, 4) is 0 Å². The molecule has 0 amide bonds. The van der Waals surface area contributed by atoms with E-state index >= 15 is 0 Å². The number of rotatable bonds is 1. The van der Waals surface area contributed by atoms with Gasteiger partial charge in [-0.05, 0) is 42.4 Å². The van der Waals surface area contributed by atoms with E-state index in [0.29, 0.717) is 10.9 Å². The third kappa shape index (κ3) is 2.81. The van der Waals surface area contributed by atoms with E-state index in [9.17, 15) is 0 Å². The van der Waals surface area contributed by atoms with Crippen LogP contribution in [-0.4, -0.2) is 27.4 Å². The van der Waals surface area contributed by atoms with E-state index in [-0.39, 0.29) is 0 Å². The maximum Gasteiger partial charge on any atom is 0.225 e. The van der Waals surface area contributed by atoms with Gasteiger partial charge in [-0.1, -0.05) is 15.9 Å². The fourth-order valence-corrected chi connectivity index (χ4v) is 2.65. The fraction of sp³-hybridized carbons (Fsp3) is 0.600. The number of hydrogen-bond acceptors (Lipinski definition) is 3. The summed E-state index contributed by atoms with van der Waals surface area (Å²) in [6.45, 7) is 3.24. The highest BCUT2D eigenvalue weighted by Crippen LogP contribution is 2.25. The largest absolute Gasteiger partial charge is 0.337 e. The summed E-state index contributed by atoms with van der Waals surface area (Å²) < 4.78 is 1.08. The van der Waals surface area contributed by atoms with Crippen LogP contribution in [0.2, 0.25) is 0 Å². The molecule has 2 unspecified atom stereocenters. The lowest BCUT2D eigenvalue weighted by molar-refractivity contribution is 0.489. The van der Waals surface area contributed by atoms with Gasteiger partial charge < -0.3 is 4.90 Å². The minimum Gasteiger partial charge on any atom is -0.337 e. The highest BCUT2D eigenvalue weighted by atomic mass is 127. The summed E-state index contributed by atoms with van der Waals surface area (Å²) in [4.78, 5) is 11.6. The van der Waals surface area contributed by atoms with Crippen molar-refractivity contribution >= 4 is 44.5 Å². The van der Waals surface area contributed by atoms with Gasteiger partial charge in [-0.25, -0.2) is 9.97 Å². The highest BCUT2D eigenvalue weighted by molar-refractivity contribution is 14.1. The number of piperidine rings is 1. The van der Waals surface area contributed by atoms with E-state index in [4.69, 9.17) is 0 Å². The van der Waals surface area contributed by atoms with Gasteiger partial charge in [0.1, 0.15) is 0 Å². The van der Waals surface area contributed by atoms with E-state index in [1.807, 2.05) is 12.4 Å². The molecule has 0 N–H and O–H groups in total. The molecule has 15 heavy (non-hydrogen) atoms. The molecule has 1 saturated heterocycles. The van der Waals surface area contributed by atoms with Crippen molar-refractivity contribution in [2.24, 2.45) is 0 Å². The molecule has 2 heterocycles. The molecule has 1 fully saturated rings. The molecule has 0 spiro atoms. The van der Waals surface area contributed by atoms with Crippen LogP contribution < -0.4 is 4.90 Å². The Kier molecular flexibility index (Phi) is 3.82. The van der Waals surface area contributed by atoms with Gasteiger partial charge in [0.25, 0.3) is 0 Å². The van der Waals surface area contributed by atoms with E-state index < -0.39 is 0 Å². The van der Waals surface area contributed by atoms with Gasteiger partial charge in [0.05, 0.1) is 0 Å². The molecule has 0 aromatic carbocycles. The summed E-state index contributed by atoms with van der Waals surface area (Å²) >= 11 is 5.89. The predicted molar refractivity (Wildman–Crippen MR) is 73.5 cm³/mol. The summed E-state index contributed by atoms with van der Waals surface area (Å²) in [5, 5.41) is 0. The first-order valence-electron chi connectivity index (χ1n) is 5.05. The summed E-state index contributed by atoms with van der Waals surface area (Å²) in [6, 6.07) is 0.541. The van der Waals surface area contributed by atoms with Gasteiger partial charge in [-0.15, -0.1) is 0 Å². The first-order valence-corrected chi connectivity index (χ1v) is 7.04. The van der Waals surface area contributed by atoms with E-state index in [2.05, 4.69) is 60.3 Å². The van der Waals surface area contributed by atoms with Crippen molar-refractivity contribution < 1.29 is 0 Å². The van der Waals surface area contributed by atoms with Gasteiger partial charge in [0.2, 0.25) is 5.95 Å². The molecular weight excluding hydrogens is 369 g/mol. The maximum absolute atomic E-state index is 4.37. The van der Waals surface area contributed by atoms with E-state index in [1.165, 1.54) is 12.8 Å². The second kappa shape index (κ2) is 4.95. The smallest absolute Gasteiger partial charge is 0.225 e. The predicted octanol–water partition coefficient (Wildman–Crippen LogP) is 2.83. The van der Waals surface area contributed by atoms with Gasteiger partial charge in [-0.2, -0.15) is 0 Å². The first-order chi connectivity index (χ1) is 7.16. The third-order valence-corrected chi connectivity index (χ3v) is 3.99. The average molecular weight is 382 g/mol. The van der Waals surface area contributed by atoms with Crippen molar-refractivity contribution in [2.45, 2.75) is 30.6 Å². The molecule has 0 radical (unpaired) electrons. The summed E-state index contributed by atoms with van der Waals surface area (Å²) in [5.41, 5.74) is 0. The van der Waals surface area contributed by atoms with Crippen LogP contribution in [0.1, 0.15) is 19.8 Å². The van der Waals surface area contributed by atoms with Crippen molar-refractivity contribution in [1.82, 2.24) is 9.97 Å². The molecule has 1 aromatic rings. The maximum atomic E-state index is 4.37. The Morgan fingerprint density at radius 2 is 2.07 bits per heavy atom. The van der Waals surface area contributed by atoms with Crippen molar-refractivity contribution in [1.29, 1.82) is 0 Å². The molecule has 0 bridgehead atoms. The Hall–Kier alpha value is 0.0900. The number of hydrogen-bond donors (Lipinski definition) is 0. The molecule has 1 aliphatic heterocycles. The molecule has 1 aliphatic rings. The van der Waals surface area contributed by atoms with E-state index in [1.54, 1.807) is 0 Å². The van der Waals surface area contributed by atoms with Crippen LogP contribution in [0.3, 0.4) is 0 Å². The Morgan fingerprint density at radius 3 is 2.73 bits per heavy atom. The number of anilines is 1. The molecule has 2 rings (SSSR count). The zero-order valence-corrected chi connectivity index (χ0v) is 12.3. The Labute approximate surface area is 112 Å². The van der Waals surface area contributed by atoms with Crippen molar-refractivity contribution in [3.05, 3.63) is 16.0 Å². The zero-order valence-electron chi connectivity index (χ0n) is 8.53. The second-order valence-corrected chi connectivity index (χ2v) is 6.42. The number of nitrogens with zero attached hydrogens (tertiary/aromatic N) is 3. The molecule has 3 nitrogen and oxygen atoms in total. The Balaban J connectivity index is 2.17. The van der Waals surface area contributed by atoms with Crippen molar-refractivity contribution in [3.63, 3.8) is 0 Å². The number of aromatic nitrogens is 2. The summed E-state index contributed by atoms with van der Waals surface area (Å²) in [6.07, 6.45) is 6.17. The first kappa shape index (κ1) is 11.6. The topological polar surface area (TPSA) is 29.0 Å². The van der Waals surface area contributed by atoms with Crippen LogP contribution in [0.4, 0.5) is 5.95 Å². The zero-order chi connectivity index (χ0) is 10.8. The molecule has 5 heteroatoms. The van der Waals surface area contributed by atoms with Crippen LogP contribution >= 0.6 is 38.5 Å². The second-order valence-electron chi connectivity index (χ2n) is 3.88. The summed E-state index contributed by atoms with van der Waals surface area (Å²) in [5.74, 6) is 0.854. The van der Waals surface area contributed by atoms with Crippen LogP contribution in [0.25, 0.3) is 0 Å². The number of alkyl halides is 1. The fourth-order valence-electron chi connectivity index (χ4n) is 1.80. The number of halogens is 2. The normalized spacial score (nSPS) is 26.7. The molecule has 2 atom stereocenters. The Bertz CT molecular complexity index is 330. The average Bonchev–Trinajstić information content (AvgIpc) is 2.23. The molecular formula is C10H13BrIN3. The quantitative estimate of drug-likeness (QED) is 0.553. The van der Waals surface area contributed by atoms with Gasteiger partial charge >= 0.3 is 0 Å². The van der Waals surface area contributed by atoms with Crippen LogP contribution in [0, 0.1) is 3.57 Å². The van der Waals surface area contributed by atoms with Crippen LogP contribution in [0.15, 0.2) is 12.4 Å². The minimum atomic E-state index is 0.541. The van der Waals surface area contributed by atoms with Crippen LogP contribution in [-0.2, 0) is 0 Å². The van der Waals surface area contributed by atoms with Crippen molar-refractivity contribution in [2.75, 3.05) is 11.4 Å². The molecule has 1 aromatic heterocycles. The highest BCUT2D eigenvalue weighted by Gasteiger charge is 2.25. The van der Waals surface area contributed by atoms with E-state index in [0.717, 1.165) is 16.1 Å². The standard InChI is InChI=1S/C10H13BrIN3/c1-7-2-3-8(11)6-15(7)10-13-4-9(12)5-14-10/h4-5,7-8H,2-3,6H2,1H3. The lowest BCUT2D eigenvalue weighted by atomic mass is 10.0. The lowest BCUT2D eigenvalue weighted by Gasteiger charge is -2.35. The van der Waals surface area contributed by atoms with Gasteiger partial charge in [0, 0.05) is 33.4 Å². The third-order valence-electron chi connectivity index (χ3n) is 2.69. The van der Waals surface area contributed by atoms with Gasteiger partial charge in [0.15, 0.2) is 0 Å². The molecule has 82 valence electrons. The summed E-state index contributed by atoms with van der Waals surface area (Å²) in [7, 11) is 0. The Morgan fingerprint density at radius 1 is 1.40 bits per heavy atom. The van der Waals surface area contributed by atoms with Gasteiger partial charge in [-0.3, -0.25) is 0 Å². The lowest BCUT2D eigenvalue weighted by Crippen LogP contribution is -2.43. The van der Waals surface area contributed by atoms with Crippen LogP contribution in [0.5, 0.6) is 0 Å².